The summed E-state index contributed by atoms with van der Waals surface area (Å²) in [6, 6.07) is 3.66. The van der Waals surface area contributed by atoms with Gasteiger partial charge in [0.1, 0.15) is 0 Å². The molecule has 1 heterocycles. The Bertz CT molecular complexity index is 573. The standard InChI is InChI=1S/C15H18BrF3N2O2.ClH/c1-23-9-14(4-6-20-7-5-14)13(22)21-10-2-3-12(16)11(8-10)15(17,18)19;/h2-3,8,20H,4-7,9H2,1H3,(H,21,22);1H. The number of piperidine rings is 1. The maximum atomic E-state index is 12.9. The van der Waals surface area contributed by atoms with Gasteiger partial charge in [-0.25, -0.2) is 0 Å². The number of hydrogen-bond acceptors (Lipinski definition) is 3. The summed E-state index contributed by atoms with van der Waals surface area (Å²) in [6.45, 7) is 1.58. The van der Waals surface area contributed by atoms with Crippen LogP contribution in [0.2, 0.25) is 0 Å². The molecule has 2 N–H and O–H groups in total. The van der Waals surface area contributed by atoms with E-state index in [0.717, 1.165) is 6.07 Å². The molecule has 1 aliphatic heterocycles. The minimum absolute atomic E-state index is 0. The highest BCUT2D eigenvalue weighted by Gasteiger charge is 2.40. The number of anilines is 1. The fourth-order valence-corrected chi connectivity index (χ4v) is 3.17. The summed E-state index contributed by atoms with van der Waals surface area (Å²) < 4.78 is 43.9. The number of carbonyl (C=O) groups is 1. The summed E-state index contributed by atoms with van der Waals surface area (Å²) >= 11 is 2.88. The predicted molar refractivity (Wildman–Crippen MR) is 91.4 cm³/mol. The molecule has 0 aliphatic carbocycles. The maximum absolute atomic E-state index is 12.9. The lowest BCUT2D eigenvalue weighted by atomic mass is 9.78. The lowest BCUT2D eigenvalue weighted by molar-refractivity contribution is -0.138. The van der Waals surface area contributed by atoms with E-state index in [1.54, 1.807) is 0 Å². The van der Waals surface area contributed by atoms with E-state index < -0.39 is 17.2 Å². The SMILES string of the molecule is COCC1(C(=O)Nc2ccc(Br)c(C(F)(F)F)c2)CCNCC1.Cl. The first-order chi connectivity index (χ1) is 10.8. The van der Waals surface area contributed by atoms with E-state index in [2.05, 4.69) is 26.6 Å². The highest BCUT2D eigenvalue weighted by Crippen LogP contribution is 2.37. The second-order valence-electron chi connectivity index (χ2n) is 5.61. The van der Waals surface area contributed by atoms with Gasteiger partial charge in [0.25, 0.3) is 0 Å². The lowest BCUT2D eigenvalue weighted by Crippen LogP contribution is -2.47. The minimum Gasteiger partial charge on any atom is -0.384 e. The number of rotatable bonds is 4. The number of alkyl halides is 3. The average molecular weight is 432 g/mol. The summed E-state index contributed by atoms with van der Waals surface area (Å²) in [5.41, 5.74) is -1.41. The Morgan fingerprint density at radius 1 is 1.38 bits per heavy atom. The van der Waals surface area contributed by atoms with Crippen molar-refractivity contribution in [2.24, 2.45) is 5.41 Å². The Hall–Kier alpha value is -0.830. The largest absolute Gasteiger partial charge is 0.417 e. The summed E-state index contributed by atoms with van der Waals surface area (Å²) in [7, 11) is 1.51. The van der Waals surface area contributed by atoms with Gasteiger partial charge < -0.3 is 15.4 Å². The predicted octanol–water partition coefficient (Wildman–Crippen LogP) is 3.84. The fraction of sp³-hybridized carbons (Fsp3) is 0.533. The maximum Gasteiger partial charge on any atom is 0.417 e. The molecule has 1 saturated heterocycles. The van der Waals surface area contributed by atoms with Crippen LogP contribution in [0.4, 0.5) is 18.9 Å². The van der Waals surface area contributed by atoms with Crippen molar-refractivity contribution in [1.29, 1.82) is 0 Å². The van der Waals surface area contributed by atoms with E-state index in [4.69, 9.17) is 4.74 Å². The van der Waals surface area contributed by atoms with Gasteiger partial charge in [-0.05, 0) is 44.1 Å². The van der Waals surface area contributed by atoms with Crippen molar-refractivity contribution in [3.8, 4) is 0 Å². The third kappa shape index (κ3) is 4.84. The van der Waals surface area contributed by atoms with Gasteiger partial charge in [-0.3, -0.25) is 4.79 Å². The molecule has 0 atom stereocenters. The van der Waals surface area contributed by atoms with Gasteiger partial charge >= 0.3 is 6.18 Å². The van der Waals surface area contributed by atoms with Crippen LogP contribution >= 0.6 is 28.3 Å². The Labute approximate surface area is 153 Å². The van der Waals surface area contributed by atoms with Crippen LogP contribution < -0.4 is 10.6 Å². The Morgan fingerprint density at radius 2 is 2.00 bits per heavy atom. The van der Waals surface area contributed by atoms with Crippen LogP contribution in [0.1, 0.15) is 18.4 Å². The molecule has 0 bridgehead atoms. The van der Waals surface area contributed by atoms with Gasteiger partial charge in [0.15, 0.2) is 0 Å². The molecule has 24 heavy (non-hydrogen) atoms. The van der Waals surface area contributed by atoms with Crippen molar-refractivity contribution < 1.29 is 22.7 Å². The number of carbonyl (C=O) groups excluding carboxylic acids is 1. The number of ether oxygens (including phenoxy) is 1. The quantitative estimate of drug-likeness (QED) is 0.761. The van der Waals surface area contributed by atoms with Crippen LogP contribution in [0.25, 0.3) is 0 Å². The number of halogens is 5. The zero-order valence-electron chi connectivity index (χ0n) is 13.0. The molecule has 9 heteroatoms. The molecule has 4 nitrogen and oxygen atoms in total. The van der Waals surface area contributed by atoms with Crippen molar-refractivity contribution in [1.82, 2.24) is 5.32 Å². The van der Waals surface area contributed by atoms with E-state index in [1.807, 2.05) is 0 Å². The van der Waals surface area contributed by atoms with E-state index >= 15 is 0 Å². The van der Waals surface area contributed by atoms with Gasteiger partial charge in [0.2, 0.25) is 5.91 Å². The summed E-state index contributed by atoms with van der Waals surface area (Å²) in [6.07, 6.45) is -3.33. The lowest BCUT2D eigenvalue weighted by Gasteiger charge is -2.35. The second kappa shape index (κ2) is 8.51. The smallest absolute Gasteiger partial charge is 0.384 e. The van der Waals surface area contributed by atoms with Gasteiger partial charge in [0, 0.05) is 17.3 Å². The zero-order valence-corrected chi connectivity index (χ0v) is 15.4. The summed E-state index contributed by atoms with van der Waals surface area (Å²) in [5.74, 6) is -0.309. The van der Waals surface area contributed by atoms with Crippen LogP contribution in [-0.2, 0) is 15.7 Å². The number of methoxy groups -OCH3 is 1. The molecule has 1 amide bonds. The van der Waals surface area contributed by atoms with Crippen LogP contribution in [-0.4, -0.2) is 32.7 Å². The molecule has 0 aromatic heterocycles. The molecule has 1 aliphatic rings. The van der Waals surface area contributed by atoms with Crippen LogP contribution in [0.5, 0.6) is 0 Å². The molecular weight excluding hydrogens is 413 g/mol. The molecule has 1 fully saturated rings. The van der Waals surface area contributed by atoms with Gasteiger partial charge in [-0.2, -0.15) is 13.2 Å². The van der Waals surface area contributed by atoms with Crippen molar-refractivity contribution in [3.63, 3.8) is 0 Å². The van der Waals surface area contributed by atoms with Crippen LogP contribution in [0, 0.1) is 5.41 Å². The van der Waals surface area contributed by atoms with Gasteiger partial charge in [0.05, 0.1) is 17.6 Å². The molecule has 0 unspecified atom stereocenters. The molecule has 0 radical (unpaired) electrons. The first-order valence-corrected chi connectivity index (χ1v) is 7.96. The molecule has 1 aromatic carbocycles. The van der Waals surface area contributed by atoms with Crippen LogP contribution in [0.3, 0.4) is 0 Å². The first kappa shape index (κ1) is 21.2. The van der Waals surface area contributed by atoms with E-state index in [-0.39, 0.29) is 35.1 Å². The van der Waals surface area contributed by atoms with Gasteiger partial charge in [-0.15, -0.1) is 12.4 Å². The highest BCUT2D eigenvalue weighted by molar-refractivity contribution is 9.10. The Balaban J connectivity index is 0.00000288. The van der Waals surface area contributed by atoms with E-state index in [0.29, 0.717) is 25.9 Å². The Morgan fingerprint density at radius 3 is 2.54 bits per heavy atom. The van der Waals surface area contributed by atoms with Gasteiger partial charge in [-0.1, -0.05) is 15.9 Å². The highest BCUT2D eigenvalue weighted by atomic mass is 79.9. The van der Waals surface area contributed by atoms with E-state index in [9.17, 15) is 18.0 Å². The molecule has 136 valence electrons. The van der Waals surface area contributed by atoms with Crippen molar-refractivity contribution in [2.45, 2.75) is 19.0 Å². The number of amides is 1. The van der Waals surface area contributed by atoms with E-state index in [1.165, 1.54) is 19.2 Å². The monoisotopic (exact) mass is 430 g/mol. The molecular formula is C15H19BrClF3N2O2. The number of benzene rings is 1. The summed E-state index contributed by atoms with van der Waals surface area (Å²) in [4.78, 5) is 12.6. The molecule has 1 aromatic rings. The fourth-order valence-electron chi connectivity index (χ4n) is 2.70. The zero-order chi connectivity index (χ0) is 17.1. The normalized spacial score (nSPS) is 17.0. The number of nitrogens with one attached hydrogen (secondary N) is 2. The molecule has 0 spiro atoms. The molecule has 0 saturated carbocycles. The van der Waals surface area contributed by atoms with Crippen molar-refractivity contribution in [2.75, 3.05) is 32.1 Å². The van der Waals surface area contributed by atoms with Crippen molar-refractivity contribution >= 4 is 39.9 Å². The van der Waals surface area contributed by atoms with Crippen molar-refractivity contribution in [3.05, 3.63) is 28.2 Å². The first-order valence-electron chi connectivity index (χ1n) is 7.16. The average Bonchev–Trinajstić information content (AvgIpc) is 2.49. The minimum atomic E-state index is -4.49. The number of hydrogen-bond donors (Lipinski definition) is 2. The molecule has 2 rings (SSSR count). The third-order valence-corrected chi connectivity index (χ3v) is 4.68. The summed E-state index contributed by atoms with van der Waals surface area (Å²) in [5, 5.41) is 5.77. The second-order valence-corrected chi connectivity index (χ2v) is 6.46. The third-order valence-electron chi connectivity index (χ3n) is 3.99. The topological polar surface area (TPSA) is 50.4 Å². The van der Waals surface area contributed by atoms with Crippen LogP contribution in [0.15, 0.2) is 22.7 Å². The Kier molecular flexibility index (Phi) is 7.52.